The summed E-state index contributed by atoms with van der Waals surface area (Å²) in [6.45, 7) is 6.49. The van der Waals surface area contributed by atoms with Gasteiger partial charge in [0.15, 0.2) is 0 Å². The third kappa shape index (κ3) is 4.98. The predicted octanol–water partition coefficient (Wildman–Crippen LogP) is 8.65. The average Bonchev–Trinajstić information content (AvgIpc) is 2.96. The molecule has 0 spiro atoms. The van der Waals surface area contributed by atoms with Crippen molar-refractivity contribution in [2.75, 3.05) is 7.11 Å². The number of aromatic nitrogens is 2. The minimum atomic E-state index is 0.749. The highest BCUT2D eigenvalue weighted by atomic mass is 16.5. The Morgan fingerprint density at radius 2 is 1.54 bits per heavy atom. The quantitative estimate of drug-likeness (QED) is 0.219. The van der Waals surface area contributed by atoms with Crippen molar-refractivity contribution in [2.45, 2.75) is 6.92 Å². The van der Waals surface area contributed by atoms with Gasteiger partial charge in [0.1, 0.15) is 5.75 Å². The van der Waals surface area contributed by atoms with Gasteiger partial charge in [0.05, 0.1) is 29.8 Å². The second kappa shape index (κ2) is 10.9. The van der Waals surface area contributed by atoms with Gasteiger partial charge in [-0.3, -0.25) is 4.98 Å². The first-order chi connectivity index (χ1) is 18.2. The number of nitrogens with zero attached hydrogens (tertiary/aromatic N) is 2. The molecule has 37 heavy (non-hydrogen) atoms. The summed E-state index contributed by atoms with van der Waals surface area (Å²) in [6.07, 6.45) is 8.05. The predicted molar refractivity (Wildman–Crippen MR) is 155 cm³/mol. The van der Waals surface area contributed by atoms with E-state index < -0.39 is 0 Å². The minimum absolute atomic E-state index is 0.749. The second-order valence-electron chi connectivity index (χ2n) is 8.67. The Hall–Kier alpha value is -4.76. The first-order valence-corrected chi connectivity index (χ1v) is 12.3. The van der Waals surface area contributed by atoms with Crippen LogP contribution in [0.1, 0.15) is 18.1 Å². The molecule has 5 aromatic rings. The summed E-state index contributed by atoms with van der Waals surface area (Å²) >= 11 is 0. The maximum atomic E-state index is 6.09. The number of ether oxygens (including phenoxy) is 1. The molecule has 3 aromatic carbocycles. The molecule has 0 aliphatic rings. The third-order valence-corrected chi connectivity index (χ3v) is 6.27. The van der Waals surface area contributed by atoms with E-state index in [9.17, 15) is 0 Å². The number of fused-ring (bicyclic) bond motifs is 1. The van der Waals surface area contributed by atoms with E-state index >= 15 is 0 Å². The highest BCUT2D eigenvalue weighted by Crippen LogP contribution is 2.42. The Bertz CT molecular complexity index is 1620. The van der Waals surface area contributed by atoms with Crippen molar-refractivity contribution in [2.24, 2.45) is 0 Å². The summed E-state index contributed by atoms with van der Waals surface area (Å²) in [7, 11) is 1.71. The largest absolute Gasteiger partial charge is 0.495 e. The SMILES string of the molecule is C=C(/C=C(\C=C/C)c1ccccc1)c1cc2ccccc2c(-c2cccc(-c3ccccn3)n2)c1OC. The van der Waals surface area contributed by atoms with Crippen LogP contribution in [0.25, 0.3) is 44.6 Å². The summed E-state index contributed by atoms with van der Waals surface area (Å²) in [5.74, 6) is 0.749. The molecule has 2 aromatic heterocycles. The van der Waals surface area contributed by atoms with Gasteiger partial charge in [-0.15, -0.1) is 0 Å². The number of allylic oxidation sites excluding steroid dienone is 5. The monoisotopic (exact) mass is 480 g/mol. The Kier molecular flexibility index (Phi) is 7.05. The van der Waals surface area contributed by atoms with Crippen LogP contribution in [-0.4, -0.2) is 17.1 Å². The number of pyridine rings is 2. The van der Waals surface area contributed by atoms with E-state index in [2.05, 4.69) is 54.0 Å². The Labute approximate surface area is 218 Å². The van der Waals surface area contributed by atoms with Gasteiger partial charge in [0.25, 0.3) is 0 Å². The van der Waals surface area contributed by atoms with Crippen molar-refractivity contribution >= 4 is 21.9 Å². The van der Waals surface area contributed by atoms with Gasteiger partial charge in [0, 0.05) is 11.8 Å². The van der Waals surface area contributed by atoms with E-state index in [-0.39, 0.29) is 0 Å². The van der Waals surface area contributed by atoms with Gasteiger partial charge < -0.3 is 4.74 Å². The smallest absolute Gasteiger partial charge is 0.136 e. The molecule has 0 aliphatic carbocycles. The van der Waals surface area contributed by atoms with Gasteiger partial charge >= 0.3 is 0 Å². The van der Waals surface area contributed by atoms with Crippen LogP contribution < -0.4 is 4.74 Å². The summed E-state index contributed by atoms with van der Waals surface area (Å²) in [6, 6.07) is 32.7. The van der Waals surface area contributed by atoms with Crippen molar-refractivity contribution in [3.63, 3.8) is 0 Å². The first-order valence-electron chi connectivity index (χ1n) is 12.3. The van der Waals surface area contributed by atoms with Gasteiger partial charge in [0.2, 0.25) is 0 Å². The number of methoxy groups -OCH3 is 1. The lowest BCUT2D eigenvalue weighted by molar-refractivity contribution is 0.415. The van der Waals surface area contributed by atoms with Crippen molar-refractivity contribution in [3.05, 3.63) is 139 Å². The van der Waals surface area contributed by atoms with E-state index in [0.717, 1.165) is 61.4 Å². The molecule has 3 nitrogen and oxygen atoms in total. The van der Waals surface area contributed by atoms with Crippen molar-refractivity contribution in [1.29, 1.82) is 0 Å². The molecule has 180 valence electrons. The summed E-state index contributed by atoms with van der Waals surface area (Å²) < 4.78 is 6.09. The van der Waals surface area contributed by atoms with E-state index in [1.807, 2.05) is 79.7 Å². The lowest BCUT2D eigenvalue weighted by atomic mass is 9.92. The van der Waals surface area contributed by atoms with Gasteiger partial charge in [-0.05, 0) is 70.8 Å². The molecular formula is C34H28N2O. The van der Waals surface area contributed by atoms with E-state index in [4.69, 9.17) is 9.72 Å². The fourth-order valence-electron chi connectivity index (χ4n) is 4.57. The number of hydrogen-bond acceptors (Lipinski definition) is 3. The molecule has 3 heteroatoms. The molecule has 5 rings (SSSR count). The van der Waals surface area contributed by atoms with Crippen molar-refractivity contribution in [1.82, 2.24) is 9.97 Å². The maximum Gasteiger partial charge on any atom is 0.136 e. The van der Waals surface area contributed by atoms with Crippen LogP contribution in [0.4, 0.5) is 0 Å². The number of hydrogen-bond donors (Lipinski definition) is 0. The molecule has 0 amide bonds. The number of rotatable bonds is 7. The minimum Gasteiger partial charge on any atom is -0.495 e. The summed E-state index contributed by atoms with van der Waals surface area (Å²) in [5, 5.41) is 2.17. The fourth-order valence-corrected chi connectivity index (χ4v) is 4.57. The Balaban J connectivity index is 1.71. The molecule has 0 unspecified atom stereocenters. The van der Waals surface area contributed by atoms with Gasteiger partial charge in [-0.2, -0.15) is 0 Å². The van der Waals surface area contributed by atoms with Crippen LogP contribution in [0.2, 0.25) is 0 Å². The van der Waals surface area contributed by atoms with E-state index in [0.29, 0.717) is 0 Å². The Morgan fingerprint density at radius 1 is 0.811 bits per heavy atom. The number of benzene rings is 3. The third-order valence-electron chi connectivity index (χ3n) is 6.27. The molecule has 0 saturated carbocycles. The topological polar surface area (TPSA) is 35.0 Å². The molecule has 0 radical (unpaired) electrons. The molecule has 0 saturated heterocycles. The Morgan fingerprint density at radius 3 is 2.30 bits per heavy atom. The van der Waals surface area contributed by atoms with Crippen LogP contribution in [0.3, 0.4) is 0 Å². The maximum absolute atomic E-state index is 6.09. The zero-order valence-corrected chi connectivity index (χ0v) is 21.1. The van der Waals surface area contributed by atoms with Crippen LogP contribution in [-0.2, 0) is 0 Å². The molecular weight excluding hydrogens is 452 g/mol. The summed E-state index contributed by atoms with van der Waals surface area (Å²) in [5.41, 5.74) is 7.41. The lowest BCUT2D eigenvalue weighted by Crippen LogP contribution is -1.98. The molecule has 0 N–H and O–H groups in total. The summed E-state index contributed by atoms with van der Waals surface area (Å²) in [4.78, 5) is 9.50. The fraction of sp³-hybridized carbons (Fsp3) is 0.0588. The second-order valence-corrected chi connectivity index (χ2v) is 8.67. The highest BCUT2D eigenvalue weighted by Gasteiger charge is 2.19. The zero-order valence-electron chi connectivity index (χ0n) is 21.1. The molecule has 0 fully saturated rings. The van der Waals surface area contributed by atoms with Crippen LogP contribution in [0.15, 0.2) is 128 Å². The van der Waals surface area contributed by atoms with Crippen LogP contribution in [0.5, 0.6) is 5.75 Å². The van der Waals surface area contributed by atoms with E-state index in [1.165, 1.54) is 0 Å². The molecule has 0 aliphatic heterocycles. The average molecular weight is 481 g/mol. The molecule has 0 bridgehead atoms. The normalized spacial score (nSPS) is 11.7. The van der Waals surface area contributed by atoms with Gasteiger partial charge in [-0.25, -0.2) is 4.98 Å². The lowest BCUT2D eigenvalue weighted by Gasteiger charge is -2.18. The van der Waals surface area contributed by atoms with Gasteiger partial charge in [-0.1, -0.05) is 85.5 Å². The van der Waals surface area contributed by atoms with E-state index in [1.54, 1.807) is 13.3 Å². The van der Waals surface area contributed by atoms with Crippen molar-refractivity contribution in [3.8, 4) is 28.4 Å². The van der Waals surface area contributed by atoms with Crippen LogP contribution in [0, 0.1) is 0 Å². The van der Waals surface area contributed by atoms with Crippen molar-refractivity contribution < 1.29 is 4.74 Å². The highest BCUT2D eigenvalue weighted by molar-refractivity contribution is 6.04. The first kappa shape index (κ1) is 24.0. The standard InChI is InChI=1S/C34H28N2O/c1-4-13-26(25-14-6-5-7-15-25)22-24(2)29-23-27-16-8-9-17-28(27)33(34(29)37-3)32-20-12-19-31(36-32)30-18-10-11-21-35-30/h4-23H,2H2,1,3H3/b13-4-,26-22+. The zero-order chi connectivity index (χ0) is 25.6. The molecule has 2 heterocycles. The van der Waals surface area contributed by atoms with Crippen LogP contribution >= 0.6 is 0 Å². The molecule has 0 atom stereocenters.